The number of nitrogens with zero attached hydrogens (tertiary/aromatic N) is 5. The number of anilines is 1. The molecule has 0 bridgehead atoms. The highest BCUT2D eigenvalue weighted by Crippen LogP contribution is 2.25. The van der Waals surface area contributed by atoms with E-state index in [1.165, 1.54) is 16.2 Å². The van der Waals surface area contributed by atoms with Crippen LogP contribution in [0.1, 0.15) is 31.3 Å². The number of hydrogen-bond acceptors (Lipinski definition) is 5. The van der Waals surface area contributed by atoms with E-state index < -0.39 is 0 Å². The lowest BCUT2D eigenvalue weighted by atomic mass is 10.0. The Kier molecular flexibility index (Phi) is 6.68. The van der Waals surface area contributed by atoms with Crippen LogP contribution in [0.15, 0.2) is 18.2 Å². The number of aryl methyl sites for hydroxylation is 1. The summed E-state index contributed by atoms with van der Waals surface area (Å²) in [5.74, 6) is 1.41. The van der Waals surface area contributed by atoms with Gasteiger partial charge in [-0.2, -0.15) is 0 Å². The van der Waals surface area contributed by atoms with Gasteiger partial charge in [-0.3, -0.25) is 0 Å². The number of methoxy groups -OCH3 is 1. The zero-order valence-electron chi connectivity index (χ0n) is 16.7. The molecule has 1 aromatic carbocycles. The van der Waals surface area contributed by atoms with Gasteiger partial charge in [-0.05, 0) is 35.0 Å². The summed E-state index contributed by atoms with van der Waals surface area (Å²) in [5, 5.41) is 13.3. The minimum atomic E-state index is 0.277. The van der Waals surface area contributed by atoms with E-state index >= 15 is 0 Å². The highest BCUT2D eigenvalue weighted by Gasteiger charge is 2.35. The third-order valence-corrected chi connectivity index (χ3v) is 5.60. The topological polar surface area (TPSA) is 60.5 Å². The Morgan fingerprint density at radius 3 is 2.67 bits per heavy atom. The summed E-state index contributed by atoms with van der Waals surface area (Å²) in [6, 6.07) is 6.40. The second-order valence-electron chi connectivity index (χ2n) is 7.55. The fourth-order valence-corrected chi connectivity index (χ4v) is 4.16. The predicted molar refractivity (Wildman–Crippen MR) is 106 cm³/mol. The van der Waals surface area contributed by atoms with Gasteiger partial charge in [-0.15, -0.1) is 5.10 Å². The van der Waals surface area contributed by atoms with Gasteiger partial charge in [0.2, 0.25) is 5.82 Å². The van der Waals surface area contributed by atoms with Gasteiger partial charge in [-0.25, -0.2) is 4.68 Å². The molecule has 0 aliphatic carbocycles. The molecule has 0 saturated carbocycles. The van der Waals surface area contributed by atoms with Crippen molar-refractivity contribution in [3.63, 3.8) is 0 Å². The predicted octanol–water partition coefficient (Wildman–Crippen LogP) is 1.38. The average molecular weight is 394 g/mol. The lowest BCUT2D eigenvalue weighted by Gasteiger charge is -2.38. The summed E-state index contributed by atoms with van der Waals surface area (Å²) in [7, 11) is 1.70. The Labute approximate surface area is 166 Å². The summed E-state index contributed by atoms with van der Waals surface area (Å²) >= 11 is 6.22. The lowest BCUT2D eigenvalue weighted by molar-refractivity contribution is -0.937. The highest BCUT2D eigenvalue weighted by atomic mass is 35.5. The van der Waals surface area contributed by atoms with Gasteiger partial charge in [0.05, 0.1) is 39.3 Å². The van der Waals surface area contributed by atoms with Crippen LogP contribution in [0.5, 0.6) is 0 Å². The zero-order chi connectivity index (χ0) is 19.4. The second kappa shape index (κ2) is 8.99. The van der Waals surface area contributed by atoms with Crippen molar-refractivity contribution in [2.45, 2.75) is 33.4 Å². The maximum atomic E-state index is 6.22. The third kappa shape index (κ3) is 4.59. The van der Waals surface area contributed by atoms with Crippen molar-refractivity contribution in [3.05, 3.63) is 34.6 Å². The van der Waals surface area contributed by atoms with E-state index in [4.69, 9.17) is 16.3 Å². The molecule has 0 radical (unpaired) electrons. The molecular weight excluding hydrogens is 364 g/mol. The van der Waals surface area contributed by atoms with Crippen molar-refractivity contribution in [1.82, 2.24) is 20.2 Å². The van der Waals surface area contributed by atoms with Crippen LogP contribution in [-0.4, -0.2) is 60.1 Å². The van der Waals surface area contributed by atoms with Crippen molar-refractivity contribution in [1.29, 1.82) is 0 Å². The molecule has 0 unspecified atom stereocenters. The first-order valence-electron chi connectivity index (χ1n) is 9.62. The van der Waals surface area contributed by atoms with E-state index in [2.05, 4.69) is 53.3 Å². The molecule has 1 saturated heterocycles. The van der Waals surface area contributed by atoms with Crippen LogP contribution in [0, 0.1) is 12.8 Å². The number of halogens is 1. The molecule has 27 heavy (non-hydrogen) atoms. The second-order valence-corrected chi connectivity index (χ2v) is 7.99. The number of rotatable bonds is 7. The molecule has 1 aromatic heterocycles. The van der Waals surface area contributed by atoms with Crippen molar-refractivity contribution >= 4 is 17.3 Å². The largest absolute Gasteiger partial charge is 0.383 e. The van der Waals surface area contributed by atoms with E-state index in [0.717, 1.165) is 37.0 Å². The van der Waals surface area contributed by atoms with Gasteiger partial charge in [0.1, 0.15) is 0 Å². The van der Waals surface area contributed by atoms with Crippen LogP contribution in [0.25, 0.3) is 0 Å². The van der Waals surface area contributed by atoms with Crippen molar-refractivity contribution in [2.24, 2.45) is 5.92 Å². The van der Waals surface area contributed by atoms with E-state index in [9.17, 15) is 0 Å². The lowest BCUT2D eigenvalue weighted by Crippen LogP contribution is -3.15. The molecule has 7 nitrogen and oxygen atoms in total. The Bertz CT molecular complexity index is 742. The number of quaternary nitrogens is 1. The summed E-state index contributed by atoms with van der Waals surface area (Å²) in [6.07, 6.45) is 0. The molecule has 1 aliphatic rings. The molecule has 2 aromatic rings. The Hall–Kier alpha value is -1.70. The van der Waals surface area contributed by atoms with Crippen molar-refractivity contribution < 1.29 is 9.64 Å². The number of aromatic nitrogens is 4. The SMILES string of the molecule is COCCn1nnnc1[C@H](C(C)C)[NH+]1CCN(c2cc(Cl)ccc2C)CC1. The van der Waals surface area contributed by atoms with E-state index in [-0.39, 0.29) is 6.04 Å². The van der Waals surface area contributed by atoms with Crippen LogP contribution in [0.4, 0.5) is 5.69 Å². The van der Waals surface area contributed by atoms with Crippen LogP contribution < -0.4 is 9.80 Å². The van der Waals surface area contributed by atoms with E-state index in [0.29, 0.717) is 19.1 Å². The molecule has 1 atom stereocenters. The molecule has 3 rings (SSSR count). The molecular formula is C19H30ClN6O+. The van der Waals surface area contributed by atoms with E-state index in [1.54, 1.807) is 7.11 Å². The molecule has 1 fully saturated rings. The number of tetrazole rings is 1. The first-order chi connectivity index (χ1) is 13.0. The maximum absolute atomic E-state index is 6.22. The van der Waals surface area contributed by atoms with Crippen LogP contribution in [0.3, 0.4) is 0 Å². The highest BCUT2D eigenvalue weighted by molar-refractivity contribution is 6.30. The molecule has 148 valence electrons. The normalized spacial score (nSPS) is 16.9. The van der Waals surface area contributed by atoms with Gasteiger partial charge in [-0.1, -0.05) is 31.5 Å². The zero-order valence-corrected chi connectivity index (χ0v) is 17.4. The summed E-state index contributed by atoms with van der Waals surface area (Å²) in [4.78, 5) is 3.98. The minimum absolute atomic E-state index is 0.277. The molecule has 1 aliphatic heterocycles. The van der Waals surface area contributed by atoms with Crippen LogP contribution in [0.2, 0.25) is 5.02 Å². The smallest absolute Gasteiger partial charge is 0.209 e. The minimum Gasteiger partial charge on any atom is -0.383 e. The standard InChI is InChI=1S/C19H29ClN6O/c1-14(2)18(19-21-22-23-26(19)11-12-27-4)25-9-7-24(8-10-25)17-13-16(20)6-5-15(17)3/h5-6,13-14,18H,7-12H2,1-4H3/p+1/t18-/m0/s1. The number of benzene rings is 1. The fraction of sp³-hybridized carbons (Fsp3) is 0.632. The fourth-order valence-electron chi connectivity index (χ4n) is 3.99. The number of ether oxygens (including phenoxy) is 1. The number of nitrogens with one attached hydrogen (secondary N) is 1. The van der Waals surface area contributed by atoms with Crippen molar-refractivity contribution in [3.8, 4) is 0 Å². The van der Waals surface area contributed by atoms with Gasteiger partial charge < -0.3 is 14.5 Å². The Morgan fingerprint density at radius 2 is 2.00 bits per heavy atom. The number of hydrogen-bond donors (Lipinski definition) is 1. The summed E-state index contributed by atoms with van der Waals surface area (Å²) < 4.78 is 7.10. The van der Waals surface area contributed by atoms with E-state index in [1.807, 2.05) is 10.7 Å². The summed E-state index contributed by atoms with van der Waals surface area (Å²) in [6.45, 7) is 12.0. The summed E-state index contributed by atoms with van der Waals surface area (Å²) in [5.41, 5.74) is 2.51. The Morgan fingerprint density at radius 1 is 1.26 bits per heavy atom. The van der Waals surface area contributed by atoms with Crippen LogP contribution >= 0.6 is 11.6 Å². The molecule has 0 spiro atoms. The first-order valence-corrected chi connectivity index (χ1v) is 9.99. The number of piperazine rings is 1. The monoisotopic (exact) mass is 393 g/mol. The van der Waals surface area contributed by atoms with Crippen molar-refractivity contribution in [2.75, 3.05) is 44.8 Å². The third-order valence-electron chi connectivity index (χ3n) is 5.37. The van der Waals surface area contributed by atoms with Gasteiger partial charge >= 0.3 is 0 Å². The molecule has 0 amide bonds. The maximum Gasteiger partial charge on any atom is 0.209 e. The first kappa shape index (κ1) is 20.0. The Balaban J connectivity index is 1.73. The average Bonchev–Trinajstić information content (AvgIpc) is 3.10. The molecule has 8 heteroatoms. The van der Waals surface area contributed by atoms with Gasteiger partial charge in [0.15, 0.2) is 6.04 Å². The molecule has 2 heterocycles. The quantitative estimate of drug-likeness (QED) is 0.770. The van der Waals surface area contributed by atoms with Gasteiger partial charge in [0.25, 0.3) is 0 Å². The molecule has 1 N–H and O–H groups in total. The van der Waals surface area contributed by atoms with Gasteiger partial charge in [0, 0.05) is 23.7 Å². The van der Waals surface area contributed by atoms with Crippen LogP contribution in [-0.2, 0) is 11.3 Å².